The normalized spacial score (nSPS) is 11.4. The van der Waals surface area contributed by atoms with Gasteiger partial charge in [-0.2, -0.15) is 5.10 Å². The molecule has 0 bridgehead atoms. The van der Waals surface area contributed by atoms with Gasteiger partial charge >= 0.3 is 0 Å². The van der Waals surface area contributed by atoms with Gasteiger partial charge in [0.05, 0.1) is 18.6 Å². The quantitative estimate of drug-likeness (QED) is 0.326. The minimum Gasteiger partial charge on any atom is -0.504 e. The number of nitrogens with one attached hydrogen (secondary N) is 1. The third-order valence-corrected chi connectivity index (χ3v) is 5.31. The van der Waals surface area contributed by atoms with Crippen molar-refractivity contribution in [2.45, 2.75) is 25.5 Å². The van der Waals surface area contributed by atoms with Crippen molar-refractivity contribution in [2.75, 3.05) is 12.9 Å². The summed E-state index contributed by atoms with van der Waals surface area (Å²) in [7, 11) is 1.47. The van der Waals surface area contributed by atoms with Crippen LogP contribution in [0.25, 0.3) is 11.4 Å². The van der Waals surface area contributed by atoms with Gasteiger partial charge in [-0.3, -0.25) is 4.79 Å². The predicted molar refractivity (Wildman–Crippen MR) is 117 cm³/mol. The Morgan fingerprint density at radius 3 is 2.70 bits per heavy atom. The number of methoxy groups -OCH3 is 1. The Morgan fingerprint density at radius 2 is 2.00 bits per heavy atom. The van der Waals surface area contributed by atoms with Crippen molar-refractivity contribution < 1.29 is 14.6 Å². The lowest BCUT2D eigenvalue weighted by Crippen LogP contribution is -2.21. The number of carbonyl (C=O) groups is 1. The number of carbonyl (C=O) groups excluding carboxylic acids is 1. The van der Waals surface area contributed by atoms with Gasteiger partial charge in [0.15, 0.2) is 22.5 Å². The molecule has 0 aliphatic heterocycles. The molecule has 0 unspecified atom stereocenters. The van der Waals surface area contributed by atoms with E-state index in [2.05, 4.69) is 20.7 Å². The van der Waals surface area contributed by atoms with Crippen LogP contribution >= 0.6 is 11.8 Å². The van der Waals surface area contributed by atoms with Gasteiger partial charge in [-0.25, -0.2) is 5.43 Å². The molecule has 0 spiro atoms. The van der Waals surface area contributed by atoms with Gasteiger partial charge in [0, 0.05) is 17.7 Å². The molecule has 0 saturated carbocycles. The van der Waals surface area contributed by atoms with Crippen molar-refractivity contribution in [3.05, 3.63) is 54.1 Å². The first-order valence-corrected chi connectivity index (χ1v) is 10.3. The maximum Gasteiger partial charge on any atom is 0.250 e. The molecule has 3 rings (SSSR count). The second-order valence-corrected chi connectivity index (χ2v) is 7.27. The van der Waals surface area contributed by atoms with Crippen LogP contribution in [0, 0.1) is 0 Å². The fourth-order valence-corrected chi connectivity index (χ4v) is 3.55. The van der Waals surface area contributed by atoms with Crippen molar-refractivity contribution in [2.24, 2.45) is 5.10 Å². The molecule has 0 fully saturated rings. The van der Waals surface area contributed by atoms with Gasteiger partial charge in [-0.15, -0.1) is 10.2 Å². The van der Waals surface area contributed by atoms with Crippen LogP contribution in [0.3, 0.4) is 0 Å². The molecule has 30 heavy (non-hydrogen) atoms. The van der Waals surface area contributed by atoms with E-state index in [1.807, 2.05) is 41.8 Å². The molecule has 9 heteroatoms. The molecule has 156 valence electrons. The molecule has 2 N–H and O–H groups in total. The number of hydrogen-bond acceptors (Lipinski definition) is 7. The maximum absolute atomic E-state index is 12.2. The van der Waals surface area contributed by atoms with Crippen LogP contribution in [0.15, 0.2) is 58.8 Å². The van der Waals surface area contributed by atoms with E-state index in [1.165, 1.54) is 24.9 Å². The van der Waals surface area contributed by atoms with E-state index < -0.39 is 0 Å². The summed E-state index contributed by atoms with van der Waals surface area (Å²) >= 11 is 1.31. The number of amides is 1. The molecule has 8 nitrogen and oxygen atoms in total. The summed E-state index contributed by atoms with van der Waals surface area (Å²) in [5.41, 5.74) is 4.85. The number of nitrogens with zero attached hydrogens (tertiary/aromatic N) is 4. The first-order chi connectivity index (χ1) is 14.5. The molecule has 1 aromatic heterocycles. The van der Waals surface area contributed by atoms with Crippen LogP contribution in [-0.4, -0.2) is 44.4 Å². The lowest BCUT2D eigenvalue weighted by atomic mass is 10.1. The summed E-state index contributed by atoms with van der Waals surface area (Å²) in [5, 5.41) is 23.0. The molecular weight excluding hydrogens is 402 g/mol. The Kier molecular flexibility index (Phi) is 7.08. The highest BCUT2D eigenvalue weighted by Crippen LogP contribution is 2.26. The largest absolute Gasteiger partial charge is 0.504 e. The van der Waals surface area contributed by atoms with Crippen LogP contribution in [0.4, 0.5) is 0 Å². The Hall–Kier alpha value is -3.33. The summed E-state index contributed by atoms with van der Waals surface area (Å²) in [6.45, 7) is 4.47. The minimum atomic E-state index is -0.253. The number of hydrazone groups is 1. The van der Waals surface area contributed by atoms with E-state index in [-0.39, 0.29) is 17.4 Å². The topological polar surface area (TPSA) is 102 Å². The Labute approximate surface area is 179 Å². The van der Waals surface area contributed by atoms with Crippen molar-refractivity contribution in [3.63, 3.8) is 0 Å². The number of phenolic OH excluding ortho intramolecular Hbond substituents is 1. The Balaban J connectivity index is 1.62. The molecule has 2 aromatic carbocycles. The van der Waals surface area contributed by atoms with Crippen LogP contribution in [0.2, 0.25) is 0 Å². The van der Waals surface area contributed by atoms with E-state index in [0.29, 0.717) is 23.2 Å². The number of thioether (sulfide) groups is 1. The Morgan fingerprint density at radius 1 is 1.23 bits per heavy atom. The zero-order chi connectivity index (χ0) is 21.5. The fraction of sp³-hybridized carbons (Fsp3) is 0.238. The first kappa shape index (κ1) is 21.4. The number of rotatable bonds is 8. The van der Waals surface area contributed by atoms with E-state index in [4.69, 9.17) is 4.74 Å². The second kappa shape index (κ2) is 9.93. The maximum atomic E-state index is 12.2. The summed E-state index contributed by atoms with van der Waals surface area (Å²) < 4.78 is 7.07. The minimum absolute atomic E-state index is 0.0457. The lowest BCUT2D eigenvalue weighted by molar-refractivity contribution is -0.118. The standard InChI is InChI=1S/C21H23N5O3S/c1-4-26-20(15-8-6-5-7-9-15)24-25-21(26)30-13-19(28)23-22-14(2)16-10-11-17(27)18(12-16)29-3/h5-12,27H,4,13H2,1-3H3,(H,23,28). The second-order valence-electron chi connectivity index (χ2n) is 6.32. The average molecular weight is 426 g/mol. The molecule has 0 radical (unpaired) electrons. The SMILES string of the molecule is CCn1c(SCC(=O)NN=C(C)c2ccc(O)c(OC)c2)nnc1-c1ccccc1. The molecule has 1 amide bonds. The van der Waals surface area contributed by atoms with Crippen molar-refractivity contribution in [1.82, 2.24) is 20.2 Å². The van der Waals surface area contributed by atoms with E-state index >= 15 is 0 Å². The van der Waals surface area contributed by atoms with Crippen LogP contribution in [-0.2, 0) is 11.3 Å². The van der Waals surface area contributed by atoms with E-state index in [9.17, 15) is 9.90 Å². The summed E-state index contributed by atoms with van der Waals surface area (Å²) in [6, 6.07) is 14.7. The van der Waals surface area contributed by atoms with Gasteiger partial charge in [0.2, 0.25) is 0 Å². The molecule has 0 aliphatic carbocycles. The first-order valence-electron chi connectivity index (χ1n) is 9.35. The number of hydrogen-bond donors (Lipinski definition) is 2. The van der Waals surface area contributed by atoms with Gasteiger partial charge in [0.25, 0.3) is 5.91 Å². The van der Waals surface area contributed by atoms with Crippen molar-refractivity contribution >= 4 is 23.4 Å². The van der Waals surface area contributed by atoms with Gasteiger partial charge in [-0.05, 0) is 32.0 Å². The highest BCUT2D eigenvalue weighted by molar-refractivity contribution is 7.99. The number of benzene rings is 2. The highest BCUT2D eigenvalue weighted by atomic mass is 32.2. The van der Waals surface area contributed by atoms with E-state index in [1.54, 1.807) is 19.1 Å². The zero-order valence-electron chi connectivity index (χ0n) is 17.0. The van der Waals surface area contributed by atoms with Crippen LogP contribution < -0.4 is 10.2 Å². The number of aromatic hydroxyl groups is 1. The fourth-order valence-electron chi connectivity index (χ4n) is 2.76. The van der Waals surface area contributed by atoms with E-state index in [0.717, 1.165) is 17.0 Å². The number of aromatic nitrogens is 3. The monoisotopic (exact) mass is 425 g/mol. The molecule has 0 atom stereocenters. The van der Waals surface area contributed by atoms with Gasteiger partial charge in [-0.1, -0.05) is 42.1 Å². The van der Waals surface area contributed by atoms with Crippen LogP contribution in [0.5, 0.6) is 11.5 Å². The molecule has 1 heterocycles. The van der Waals surface area contributed by atoms with Crippen LogP contribution in [0.1, 0.15) is 19.4 Å². The molecule has 0 saturated heterocycles. The third-order valence-electron chi connectivity index (χ3n) is 4.34. The Bertz CT molecular complexity index is 1050. The zero-order valence-corrected chi connectivity index (χ0v) is 17.8. The van der Waals surface area contributed by atoms with Gasteiger partial charge in [0.1, 0.15) is 0 Å². The van der Waals surface area contributed by atoms with Crippen molar-refractivity contribution in [3.8, 4) is 22.9 Å². The summed E-state index contributed by atoms with van der Waals surface area (Å²) in [4.78, 5) is 12.2. The summed E-state index contributed by atoms with van der Waals surface area (Å²) in [6.07, 6.45) is 0. The van der Waals surface area contributed by atoms with Crippen molar-refractivity contribution in [1.29, 1.82) is 0 Å². The molecular formula is C21H23N5O3S. The van der Waals surface area contributed by atoms with Gasteiger partial charge < -0.3 is 14.4 Å². The summed E-state index contributed by atoms with van der Waals surface area (Å²) in [5.74, 6) is 1.07. The number of ether oxygens (including phenoxy) is 1. The smallest absolute Gasteiger partial charge is 0.250 e. The third kappa shape index (κ3) is 4.98. The molecule has 3 aromatic rings. The highest BCUT2D eigenvalue weighted by Gasteiger charge is 2.14. The number of phenols is 1. The predicted octanol–water partition coefficient (Wildman–Crippen LogP) is 3.31. The average Bonchev–Trinajstić information content (AvgIpc) is 3.19. The lowest BCUT2D eigenvalue weighted by Gasteiger charge is -2.08. The molecule has 0 aliphatic rings.